The first-order valence-electron chi connectivity index (χ1n) is 4.02. The van der Waals surface area contributed by atoms with E-state index in [0.29, 0.717) is 0 Å². The van der Waals surface area contributed by atoms with Gasteiger partial charge < -0.3 is 5.11 Å². The first kappa shape index (κ1) is 10.7. The second-order valence-corrected chi connectivity index (χ2v) is 3.53. The Balaban J connectivity index is 2.64. The molecule has 0 spiro atoms. The molecule has 0 aliphatic heterocycles. The summed E-state index contributed by atoms with van der Waals surface area (Å²) < 4.78 is 1.00. The summed E-state index contributed by atoms with van der Waals surface area (Å²) in [5.41, 5.74) is 1.02. The van der Waals surface area contributed by atoms with Gasteiger partial charge in [0, 0.05) is 10.5 Å². The lowest BCUT2D eigenvalue weighted by molar-refractivity contribution is -0.131. The first-order chi connectivity index (χ1) is 6.68. The minimum atomic E-state index is -0.941. The molecule has 0 aromatic heterocycles. The SMILES string of the molecule is O=C(O)/C=C/C=C/c1cccc(Br)c1. The van der Waals surface area contributed by atoms with Gasteiger partial charge in [0.1, 0.15) is 0 Å². The zero-order valence-electron chi connectivity index (χ0n) is 7.35. The lowest BCUT2D eigenvalue weighted by Gasteiger charge is -1.92. The summed E-state index contributed by atoms with van der Waals surface area (Å²) >= 11 is 3.35. The summed E-state index contributed by atoms with van der Waals surface area (Å²) in [7, 11) is 0. The molecule has 14 heavy (non-hydrogen) atoms. The second-order valence-electron chi connectivity index (χ2n) is 2.61. The van der Waals surface area contributed by atoms with E-state index in [1.807, 2.05) is 30.3 Å². The van der Waals surface area contributed by atoms with Crippen molar-refractivity contribution in [3.05, 3.63) is 52.5 Å². The molecule has 0 bridgehead atoms. The highest BCUT2D eigenvalue weighted by Gasteiger charge is 1.87. The lowest BCUT2D eigenvalue weighted by Crippen LogP contribution is -1.84. The Morgan fingerprint density at radius 3 is 2.79 bits per heavy atom. The van der Waals surface area contributed by atoms with Gasteiger partial charge >= 0.3 is 5.97 Å². The third kappa shape index (κ3) is 4.05. The van der Waals surface area contributed by atoms with E-state index in [0.717, 1.165) is 16.1 Å². The molecule has 1 aromatic carbocycles. The van der Waals surface area contributed by atoms with Gasteiger partial charge in [-0.05, 0) is 17.7 Å². The summed E-state index contributed by atoms with van der Waals surface area (Å²) in [5.74, 6) is -0.941. The van der Waals surface area contributed by atoms with Crippen LogP contribution in [0.5, 0.6) is 0 Å². The topological polar surface area (TPSA) is 37.3 Å². The maximum atomic E-state index is 10.1. The molecule has 1 aromatic rings. The normalized spacial score (nSPS) is 11.2. The molecule has 0 fully saturated rings. The third-order valence-electron chi connectivity index (χ3n) is 1.49. The largest absolute Gasteiger partial charge is 0.478 e. The first-order valence-corrected chi connectivity index (χ1v) is 4.81. The van der Waals surface area contributed by atoms with Crippen molar-refractivity contribution in [1.29, 1.82) is 0 Å². The number of halogens is 1. The summed E-state index contributed by atoms with van der Waals surface area (Å²) in [4.78, 5) is 10.1. The van der Waals surface area contributed by atoms with E-state index in [2.05, 4.69) is 15.9 Å². The van der Waals surface area contributed by atoms with E-state index in [-0.39, 0.29) is 0 Å². The van der Waals surface area contributed by atoms with E-state index < -0.39 is 5.97 Å². The quantitative estimate of drug-likeness (QED) is 0.663. The third-order valence-corrected chi connectivity index (χ3v) is 1.98. The average Bonchev–Trinajstić information content (AvgIpc) is 2.12. The molecule has 0 heterocycles. The molecule has 0 amide bonds. The molecule has 0 radical (unpaired) electrons. The Morgan fingerprint density at radius 2 is 2.14 bits per heavy atom. The summed E-state index contributed by atoms with van der Waals surface area (Å²) in [6.07, 6.45) is 6.11. The van der Waals surface area contributed by atoms with Crippen molar-refractivity contribution < 1.29 is 9.90 Å². The number of aliphatic carboxylic acids is 1. The minimum absolute atomic E-state index is 0.941. The molecule has 0 atom stereocenters. The van der Waals surface area contributed by atoms with Crippen LogP contribution >= 0.6 is 15.9 Å². The Morgan fingerprint density at radius 1 is 1.36 bits per heavy atom. The molecular weight excluding hydrogens is 244 g/mol. The van der Waals surface area contributed by atoms with E-state index in [9.17, 15) is 4.79 Å². The fraction of sp³-hybridized carbons (Fsp3) is 0. The smallest absolute Gasteiger partial charge is 0.328 e. The predicted molar refractivity (Wildman–Crippen MR) is 60.0 cm³/mol. The number of rotatable bonds is 3. The molecule has 3 heteroatoms. The molecule has 72 valence electrons. The molecule has 0 aliphatic carbocycles. The van der Waals surface area contributed by atoms with Crippen LogP contribution in [0.1, 0.15) is 5.56 Å². The number of carbonyl (C=O) groups is 1. The molecule has 0 saturated carbocycles. The van der Waals surface area contributed by atoms with Gasteiger partial charge in [0.2, 0.25) is 0 Å². The summed E-state index contributed by atoms with van der Waals surface area (Å²) in [6, 6.07) is 7.75. The van der Waals surface area contributed by atoms with Crippen molar-refractivity contribution in [3.63, 3.8) is 0 Å². The number of hydrogen-bond acceptors (Lipinski definition) is 1. The van der Waals surface area contributed by atoms with Gasteiger partial charge in [-0.1, -0.05) is 46.3 Å². The number of benzene rings is 1. The van der Waals surface area contributed by atoms with E-state index in [1.54, 1.807) is 6.08 Å². The van der Waals surface area contributed by atoms with Gasteiger partial charge in [0.15, 0.2) is 0 Å². The Labute approximate surface area is 90.7 Å². The van der Waals surface area contributed by atoms with E-state index in [1.165, 1.54) is 6.08 Å². The van der Waals surface area contributed by atoms with E-state index >= 15 is 0 Å². The molecule has 1 rings (SSSR count). The number of allylic oxidation sites excluding steroid dienone is 2. The van der Waals surface area contributed by atoms with Crippen LogP contribution in [0, 0.1) is 0 Å². The van der Waals surface area contributed by atoms with Crippen LogP contribution in [0.4, 0.5) is 0 Å². The summed E-state index contributed by atoms with van der Waals surface area (Å²) in [6.45, 7) is 0. The maximum Gasteiger partial charge on any atom is 0.328 e. The molecular formula is C11H9BrO2. The van der Waals surface area contributed by atoms with Crippen LogP contribution in [0.3, 0.4) is 0 Å². The van der Waals surface area contributed by atoms with Crippen molar-refractivity contribution in [2.45, 2.75) is 0 Å². The molecule has 2 nitrogen and oxygen atoms in total. The van der Waals surface area contributed by atoms with Crippen LogP contribution in [0.25, 0.3) is 6.08 Å². The van der Waals surface area contributed by atoms with Crippen LogP contribution in [-0.4, -0.2) is 11.1 Å². The number of hydrogen-bond donors (Lipinski definition) is 1. The highest BCUT2D eigenvalue weighted by molar-refractivity contribution is 9.10. The van der Waals surface area contributed by atoms with Crippen LogP contribution in [0.15, 0.2) is 47.0 Å². The number of carboxylic acid groups (broad SMARTS) is 1. The van der Waals surface area contributed by atoms with Gasteiger partial charge in [0.05, 0.1) is 0 Å². The highest BCUT2D eigenvalue weighted by atomic mass is 79.9. The Bertz CT molecular complexity index is 381. The molecule has 1 N–H and O–H groups in total. The van der Waals surface area contributed by atoms with Crippen molar-refractivity contribution in [3.8, 4) is 0 Å². The van der Waals surface area contributed by atoms with E-state index in [4.69, 9.17) is 5.11 Å². The molecule has 0 aliphatic rings. The minimum Gasteiger partial charge on any atom is -0.478 e. The lowest BCUT2D eigenvalue weighted by atomic mass is 10.2. The maximum absolute atomic E-state index is 10.1. The van der Waals surface area contributed by atoms with Gasteiger partial charge in [-0.25, -0.2) is 4.79 Å². The highest BCUT2D eigenvalue weighted by Crippen LogP contribution is 2.12. The average molecular weight is 253 g/mol. The fourth-order valence-electron chi connectivity index (χ4n) is 0.915. The van der Waals surface area contributed by atoms with Crippen molar-refractivity contribution in [2.24, 2.45) is 0 Å². The summed E-state index contributed by atoms with van der Waals surface area (Å²) in [5, 5.41) is 8.33. The fourth-order valence-corrected chi connectivity index (χ4v) is 1.33. The Hall–Kier alpha value is -1.35. The van der Waals surface area contributed by atoms with Gasteiger partial charge in [-0.2, -0.15) is 0 Å². The zero-order valence-corrected chi connectivity index (χ0v) is 8.94. The van der Waals surface area contributed by atoms with Crippen molar-refractivity contribution in [2.75, 3.05) is 0 Å². The van der Waals surface area contributed by atoms with Gasteiger partial charge in [-0.15, -0.1) is 0 Å². The van der Waals surface area contributed by atoms with Crippen LogP contribution in [-0.2, 0) is 4.79 Å². The standard InChI is InChI=1S/C11H9BrO2/c12-10-6-3-5-9(8-10)4-1-2-7-11(13)14/h1-8H,(H,13,14)/b4-1+,7-2+. The van der Waals surface area contributed by atoms with Crippen LogP contribution < -0.4 is 0 Å². The molecule has 0 unspecified atom stereocenters. The van der Waals surface area contributed by atoms with Gasteiger partial charge in [0.25, 0.3) is 0 Å². The zero-order chi connectivity index (χ0) is 10.4. The number of carboxylic acids is 1. The van der Waals surface area contributed by atoms with Gasteiger partial charge in [-0.3, -0.25) is 0 Å². The second kappa shape index (κ2) is 5.40. The van der Waals surface area contributed by atoms with Crippen molar-refractivity contribution >= 4 is 28.0 Å². The molecule has 0 saturated heterocycles. The monoisotopic (exact) mass is 252 g/mol. The predicted octanol–water partition coefficient (Wildman–Crippen LogP) is 3.10. The Kier molecular flexibility index (Phi) is 4.13. The van der Waals surface area contributed by atoms with Crippen LogP contribution in [0.2, 0.25) is 0 Å². The van der Waals surface area contributed by atoms with Crippen molar-refractivity contribution in [1.82, 2.24) is 0 Å².